The molecule has 0 aromatic heterocycles. The summed E-state index contributed by atoms with van der Waals surface area (Å²) >= 11 is 0. The predicted octanol–water partition coefficient (Wildman–Crippen LogP) is 4.04. The molecule has 1 saturated heterocycles. The van der Waals surface area contributed by atoms with Crippen molar-refractivity contribution >= 4 is 11.6 Å². The molecule has 122 valence electrons. The Morgan fingerprint density at radius 3 is 2.55 bits per heavy atom. The highest BCUT2D eigenvalue weighted by atomic mass is 16.1. The molecule has 22 heavy (non-hydrogen) atoms. The third-order valence-corrected chi connectivity index (χ3v) is 4.43. The summed E-state index contributed by atoms with van der Waals surface area (Å²) in [6, 6.07) is 8.20. The van der Waals surface area contributed by atoms with E-state index in [4.69, 9.17) is 0 Å². The van der Waals surface area contributed by atoms with Crippen molar-refractivity contribution in [3.63, 3.8) is 0 Å². The third-order valence-electron chi connectivity index (χ3n) is 4.43. The summed E-state index contributed by atoms with van der Waals surface area (Å²) in [5.74, 6) is 0.878. The number of carbonyl (C=O) groups excluding carboxylic acids is 1. The van der Waals surface area contributed by atoms with Crippen LogP contribution < -0.4 is 5.32 Å². The lowest BCUT2D eigenvalue weighted by Crippen LogP contribution is -2.36. The minimum absolute atomic E-state index is 0.113. The number of carbonyl (C=O) groups is 1. The molecule has 1 heterocycles. The van der Waals surface area contributed by atoms with Crippen LogP contribution in [0.3, 0.4) is 0 Å². The first-order valence-electron chi connectivity index (χ1n) is 8.47. The largest absolute Gasteiger partial charge is 0.326 e. The maximum Gasteiger partial charge on any atom is 0.225 e. The summed E-state index contributed by atoms with van der Waals surface area (Å²) in [5, 5.41) is 3.01. The average molecular weight is 302 g/mol. The van der Waals surface area contributed by atoms with Gasteiger partial charge in [-0.05, 0) is 48.4 Å². The number of piperidine rings is 1. The monoisotopic (exact) mass is 302 g/mol. The molecule has 1 aliphatic heterocycles. The normalized spacial score (nSPS) is 19.9. The van der Waals surface area contributed by atoms with Crippen molar-refractivity contribution in [1.82, 2.24) is 4.90 Å². The standard InChI is InChI=1S/C19H30N2O/c1-15-6-5-12-21(14-15)13-11-18(22)20-17-9-7-16(8-10-17)19(2,3)4/h7-10,15H,5-6,11-14H2,1-4H3,(H,20,22). The van der Waals surface area contributed by atoms with Crippen LogP contribution in [0.25, 0.3) is 0 Å². The van der Waals surface area contributed by atoms with Gasteiger partial charge in [-0.2, -0.15) is 0 Å². The number of amides is 1. The molecule has 1 atom stereocenters. The molecular weight excluding hydrogens is 272 g/mol. The van der Waals surface area contributed by atoms with Crippen LogP contribution in [-0.2, 0) is 10.2 Å². The Hall–Kier alpha value is -1.35. The van der Waals surface area contributed by atoms with Gasteiger partial charge in [0.2, 0.25) is 5.91 Å². The van der Waals surface area contributed by atoms with Gasteiger partial charge in [0.15, 0.2) is 0 Å². The topological polar surface area (TPSA) is 32.3 Å². The fourth-order valence-electron chi connectivity index (χ4n) is 3.03. The maximum absolute atomic E-state index is 12.1. The van der Waals surface area contributed by atoms with Crippen LogP contribution in [0.1, 0.15) is 52.5 Å². The summed E-state index contributed by atoms with van der Waals surface area (Å²) in [6.45, 7) is 12.0. The molecule has 2 rings (SSSR count). The smallest absolute Gasteiger partial charge is 0.225 e. The fourth-order valence-corrected chi connectivity index (χ4v) is 3.03. The number of likely N-dealkylation sites (tertiary alicyclic amines) is 1. The van der Waals surface area contributed by atoms with Gasteiger partial charge in [-0.15, -0.1) is 0 Å². The lowest BCUT2D eigenvalue weighted by atomic mass is 9.87. The molecule has 3 heteroatoms. The van der Waals surface area contributed by atoms with Crippen molar-refractivity contribution < 1.29 is 4.79 Å². The van der Waals surface area contributed by atoms with Crippen molar-refractivity contribution in [2.75, 3.05) is 25.0 Å². The van der Waals surface area contributed by atoms with Crippen LogP contribution in [0.2, 0.25) is 0 Å². The zero-order valence-corrected chi connectivity index (χ0v) is 14.5. The van der Waals surface area contributed by atoms with E-state index in [9.17, 15) is 4.79 Å². The van der Waals surface area contributed by atoms with Crippen molar-refractivity contribution in [1.29, 1.82) is 0 Å². The molecule has 1 amide bonds. The molecule has 1 aromatic rings. The van der Waals surface area contributed by atoms with E-state index in [0.717, 1.165) is 31.2 Å². The Morgan fingerprint density at radius 2 is 1.95 bits per heavy atom. The lowest BCUT2D eigenvalue weighted by Gasteiger charge is -2.30. The second-order valence-electron chi connectivity index (χ2n) is 7.67. The molecule has 1 aromatic carbocycles. The fraction of sp³-hybridized carbons (Fsp3) is 0.632. The average Bonchev–Trinajstić information content (AvgIpc) is 2.45. The van der Waals surface area contributed by atoms with E-state index in [1.54, 1.807) is 0 Å². The minimum Gasteiger partial charge on any atom is -0.326 e. The Balaban J connectivity index is 1.79. The van der Waals surface area contributed by atoms with Gasteiger partial charge in [-0.1, -0.05) is 39.8 Å². The summed E-state index contributed by atoms with van der Waals surface area (Å²) in [6.07, 6.45) is 3.16. The first-order valence-corrected chi connectivity index (χ1v) is 8.47. The Morgan fingerprint density at radius 1 is 1.27 bits per heavy atom. The van der Waals surface area contributed by atoms with Crippen molar-refractivity contribution in [2.45, 2.75) is 52.4 Å². The van der Waals surface area contributed by atoms with Crippen molar-refractivity contribution in [2.24, 2.45) is 5.92 Å². The predicted molar refractivity (Wildman–Crippen MR) is 93.2 cm³/mol. The molecule has 0 radical (unpaired) electrons. The lowest BCUT2D eigenvalue weighted by molar-refractivity contribution is -0.116. The van der Waals surface area contributed by atoms with Crippen LogP contribution in [0.5, 0.6) is 0 Å². The molecule has 3 nitrogen and oxygen atoms in total. The number of nitrogens with zero attached hydrogens (tertiary/aromatic N) is 1. The quantitative estimate of drug-likeness (QED) is 0.910. The van der Waals surface area contributed by atoms with Gasteiger partial charge >= 0.3 is 0 Å². The van der Waals surface area contributed by atoms with E-state index < -0.39 is 0 Å². The molecular formula is C19H30N2O. The Labute approximate surface area is 135 Å². The van der Waals surface area contributed by atoms with E-state index >= 15 is 0 Å². The summed E-state index contributed by atoms with van der Waals surface area (Å²) in [4.78, 5) is 14.5. The number of hydrogen-bond donors (Lipinski definition) is 1. The van der Waals surface area contributed by atoms with E-state index in [-0.39, 0.29) is 11.3 Å². The van der Waals surface area contributed by atoms with Gasteiger partial charge in [0, 0.05) is 25.2 Å². The molecule has 1 aliphatic rings. The highest BCUT2D eigenvalue weighted by Gasteiger charge is 2.17. The van der Waals surface area contributed by atoms with Gasteiger partial charge in [-0.3, -0.25) is 4.79 Å². The van der Waals surface area contributed by atoms with Crippen molar-refractivity contribution in [3.05, 3.63) is 29.8 Å². The van der Waals surface area contributed by atoms with Crippen LogP contribution in [-0.4, -0.2) is 30.4 Å². The highest BCUT2D eigenvalue weighted by molar-refractivity contribution is 5.90. The van der Waals surface area contributed by atoms with Crippen LogP contribution in [0, 0.1) is 5.92 Å². The highest BCUT2D eigenvalue weighted by Crippen LogP contribution is 2.23. The number of benzene rings is 1. The molecule has 0 spiro atoms. The van der Waals surface area contributed by atoms with Crippen LogP contribution >= 0.6 is 0 Å². The zero-order valence-electron chi connectivity index (χ0n) is 14.5. The van der Waals surface area contributed by atoms with E-state index in [0.29, 0.717) is 6.42 Å². The first kappa shape index (κ1) is 17.0. The number of nitrogens with one attached hydrogen (secondary N) is 1. The Kier molecular flexibility index (Phi) is 5.63. The molecule has 1 unspecified atom stereocenters. The van der Waals surface area contributed by atoms with Gasteiger partial charge in [0.1, 0.15) is 0 Å². The maximum atomic E-state index is 12.1. The molecule has 0 bridgehead atoms. The minimum atomic E-state index is 0.113. The first-order chi connectivity index (χ1) is 10.3. The van der Waals surface area contributed by atoms with E-state index in [1.165, 1.54) is 18.4 Å². The number of anilines is 1. The second kappa shape index (κ2) is 7.28. The van der Waals surface area contributed by atoms with Gasteiger partial charge in [0.05, 0.1) is 0 Å². The van der Waals surface area contributed by atoms with Crippen molar-refractivity contribution in [3.8, 4) is 0 Å². The van der Waals surface area contributed by atoms with Gasteiger partial charge < -0.3 is 10.2 Å². The zero-order chi connectivity index (χ0) is 16.2. The summed E-state index contributed by atoms with van der Waals surface area (Å²) in [5.41, 5.74) is 2.32. The van der Waals surface area contributed by atoms with Crippen LogP contribution in [0.4, 0.5) is 5.69 Å². The van der Waals surface area contributed by atoms with Gasteiger partial charge in [0.25, 0.3) is 0 Å². The molecule has 1 fully saturated rings. The summed E-state index contributed by atoms with van der Waals surface area (Å²) < 4.78 is 0. The van der Waals surface area contributed by atoms with Crippen LogP contribution in [0.15, 0.2) is 24.3 Å². The molecule has 1 N–H and O–H groups in total. The van der Waals surface area contributed by atoms with E-state index in [2.05, 4.69) is 50.0 Å². The number of hydrogen-bond acceptors (Lipinski definition) is 2. The Bertz CT molecular complexity index is 487. The number of rotatable bonds is 4. The van der Waals surface area contributed by atoms with Gasteiger partial charge in [-0.25, -0.2) is 0 Å². The molecule has 0 saturated carbocycles. The third kappa shape index (κ3) is 5.13. The second-order valence-corrected chi connectivity index (χ2v) is 7.67. The SMILES string of the molecule is CC1CCCN(CCC(=O)Nc2ccc(C(C)(C)C)cc2)C1. The summed E-state index contributed by atoms with van der Waals surface area (Å²) in [7, 11) is 0. The molecule has 0 aliphatic carbocycles. The van der Waals surface area contributed by atoms with E-state index in [1.807, 2.05) is 12.1 Å².